The smallest absolute Gasteiger partial charge is 0.329 e. The molecule has 3 fully saturated rings. The molecule has 0 aromatic rings. The second kappa shape index (κ2) is 40.3. The van der Waals surface area contributed by atoms with Crippen molar-refractivity contribution in [1.29, 1.82) is 0 Å². The van der Waals surface area contributed by atoms with Crippen LogP contribution < -0.4 is 0 Å². The Morgan fingerprint density at radius 1 is 0.793 bits per heavy atom. The molecule has 1 saturated carbocycles. The number of methoxy groups -OCH3 is 3. The van der Waals surface area contributed by atoms with Crippen molar-refractivity contribution in [3.8, 4) is 0 Å². The molecule has 3 heterocycles. The van der Waals surface area contributed by atoms with Crippen molar-refractivity contribution in [2.45, 2.75) is 206 Å². The summed E-state index contributed by atoms with van der Waals surface area (Å²) in [5.41, 5.74) is 11.3. The maximum Gasteiger partial charge on any atom is 0.329 e. The third-order valence-corrected chi connectivity index (χ3v) is 17.5. The normalized spacial score (nSPS) is 33.8. The van der Waals surface area contributed by atoms with Crippen LogP contribution in [-0.2, 0) is 76.1 Å². The number of hydrogen-bond acceptors (Lipinski definition) is 19. The minimum Gasteiger partial charge on any atom is -0.461 e. The van der Waals surface area contributed by atoms with Crippen LogP contribution in [-0.4, -0.2) is 199 Å². The molecule has 0 aromatic heterocycles. The Labute approximate surface area is 517 Å². The number of Topliss-reactive ketones (excluding diaryl/α,β-unsaturated/α-hetero) is 2. The summed E-state index contributed by atoms with van der Waals surface area (Å²) >= 11 is 0. The van der Waals surface area contributed by atoms with Crippen LogP contribution in [0.1, 0.15) is 145 Å². The van der Waals surface area contributed by atoms with Crippen molar-refractivity contribution in [2.75, 3.05) is 93.9 Å². The fourth-order valence-electron chi connectivity index (χ4n) is 12.2. The summed E-state index contributed by atoms with van der Waals surface area (Å²) in [5, 5.41) is 28.0. The molecule has 2 N–H and O–H groups in total. The number of hydrogen-bond donors (Lipinski definition) is 2. The predicted octanol–water partition coefficient (Wildman–Crippen LogP) is 8.72. The number of ether oxygens (including phenoxy) is 11. The van der Waals surface area contributed by atoms with Crippen LogP contribution in [0.5, 0.6) is 0 Å². The predicted molar refractivity (Wildman–Crippen MR) is 326 cm³/mol. The Morgan fingerprint density at radius 2 is 1.46 bits per heavy atom. The van der Waals surface area contributed by atoms with Gasteiger partial charge in [-0.15, -0.1) is 0 Å². The van der Waals surface area contributed by atoms with Gasteiger partial charge in [0.15, 0.2) is 5.78 Å². The van der Waals surface area contributed by atoms with Crippen molar-refractivity contribution in [3.63, 3.8) is 0 Å². The number of piperidine rings is 1. The number of rotatable bonds is 25. The van der Waals surface area contributed by atoms with Crippen LogP contribution in [0, 0.1) is 35.5 Å². The second-order valence-electron chi connectivity index (χ2n) is 24.2. The number of aliphatic hydroxyl groups is 2. The van der Waals surface area contributed by atoms with Gasteiger partial charge >= 0.3 is 11.9 Å². The lowest BCUT2D eigenvalue weighted by molar-refractivity contribution is -0.265. The molecule has 16 atom stereocenters. The van der Waals surface area contributed by atoms with Crippen molar-refractivity contribution >= 4 is 29.4 Å². The maximum atomic E-state index is 14.8. The molecule has 4 rings (SSSR count). The molecule has 2 saturated heterocycles. The van der Waals surface area contributed by atoms with Crippen LogP contribution >= 0.6 is 0 Å². The van der Waals surface area contributed by atoms with Crippen molar-refractivity contribution < 1.29 is 86.3 Å². The summed E-state index contributed by atoms with van der Waals surface area (Å²) in [6.45, 7) is 19.6. The van der Waals surface area contributed by atoms with Crippen LogP contribution in [0.15, 0.2) is 52.7 Å². The highest BCUT2D eigenvalue weighted by molar-refractivity contribution is 6.39. The first-order valence-electron chi connectivity index (χ1n) is 31.8. The molecular weight excluding hydrogens is 1120 g/mol. The Hall–Kier alpha value is -4.42. The van der Waals surface area contributed by atoms with Gasteiger partial charge < -0.3 is 67.2 Å². The number of azide groups is 1. The molecule has 0 radical (unpaired) electrons. The number of esters is 2. The van der Waals surface area contributed by atoms with E-state index >= 15 is 0 Å². The highest BCUT2D eigenvalue weighted by Gasteiger charge is 2.53. The molecular formula is C65H106N4O18. The van der Waals surface area contributed by atoms with E-state index in [0.717, 1.165) is 5.57 Å². The van der Waals surface area contributed by atoms with Crippen LogP contribution in [0.4, 0.5) is 0 Å². The standard InChI is InChI=1S/C65H106N4O18/c1-12-80-29-30-82-33-34-84-36-35-83-32-31-81-28-18-22-58(70)85-54-26-24-50(40-57(54)78-10)39-46(5)56-42-52(67-68-66)45(4)38-48(7)60(72)61(79-11)59(71)47(6)37-43(2)19-14-13-15-20-44(3)55(77-9)41-51-25-23-49(8)65(76,87-51)62(73)63(74)69-27-17-16-21-53(69)64(75)86-56/h13-15,19-20,38,43,45-47,49-57,60-61,72,76H,12,16-18,21-37,39-42H2,1-11H3/b15-13+,19-14+,44-20+,48-38+/t43-,45-,46-,47-,49-,50?,51+,52+,53+,54-,55+,56+,57-,60-,61+,65-/m1/s1. The van der Waals surface area contributed by atoms with E-state index in [-0.39, 0.29) is 55.3 Å². The lowest BCUT2D eigenvalue weighted by atomic mass is 9.78. The number of ketones is 2. The highest BCUT2D eigenvalue weighted by Crippen LogP contribution is 2.39. The Balaban J connectivity index is 1.52. The zero-order valence-corrected chi connectivity index (χ0v) is 54.0. The summed E-state index contributed by atoms with van der Waals surface area (Å²) in [5.74, 6) is -8.14. The number of cyclic esters (lactones) is 1. The fourth-order valence-corrected chi connectivity index (χ4v) is 12.2. The average Bonchev–Trinajstić information content (AvgIpc) is 3.48. The molecule has 22 heteroatoms. The Morgan fingerprint density at radius 3 is 2.09 bits per heavy atom. The van der Waals surface area contributed by atoms with Gasteiger partial charge in [-0.1, -0.05) is 76.2 Å². The lowest BCUT2D eigenvalue weighted by Gasteiger charge is -2.43. The molecule has 22 nitrogen and oxygen atoms in total. The van der Waals surface area contributed by atoms with E-state index in [4.69, 9.17) is 52.1 Å². The summed E-state index contributed by atoms with van der Waals surface area (Å²) in [4.78, 5) is 75.2. The van der Waals surface area contributed by atoms with Gasteiger partial charge in [-0.05, 0) is 138 Å². The first-order chi connectivity index (χ1) is 41.7. The lowest BCUT2D eigenvalue weighted by Crippen LogP contribution is -2.61. The molecule has 0 aromatic carbocycles. The molecule has 1 unspecified atom stereocenters. The molecule has 0 spiro atoms. The maximum absolute atomic E-state index is 14.8. The van der Waals surface area contributed by atoms with Gasteiger partial charge in [0, 0.05) is 76.7 Å². The van der Waals surface area contributed by atoms with Gasteiger partial charge in [0.1, 0.15) is 30.5 Å². The number of amides is 1. The first kappa shape index (κ1) is 75.0. The van der Waals surface area contributed by atoms with Crippen molar-refractivity contribution in [3.05, 3.63) is 58.0 Å². The minimum atomic E-state index is -2.47. The molecule has 2 bridgehead atoms. The van der Waals surface area contributed by atoms with Gasteiger partial charge in [-0.25, -0.2) is 4.79 Å². The van der Waals surface area contributed by atoms with E-state index in [2.05, 4.69) is 10.0 Å². The van der Waals surface area contributed by atoms with Crippen molar-refractivity contribution in [1.82, 2.24) is 4.90 Å². The van der Waals surface area contributed by atoms with Gasteiger partial charge in [-0.2, -0.15) is 0 Å². The Kier molecular flexibility index (Phi) is 34.8. The zero-order chi connectivity index (χ0) is 63.9. The monoisotopic (exact) mass is 1230 g/mol. The minimum absolute atomic E-state index is 0.00621. The van der Waals surface area contributed by atoms with E-state index < -0.39 is 96.0 Å². The summed E-state index contributed by atoms with van der Waals surface area (Å²) in [7, 11) is 4.54. The van der Waals surface area contributed by atoms with Crippen LogP contribution in [0.25, 0.3) is 10.4 Å². The summed E-state index contributed by atoms with van der Waals surface area (Å²) < 4.78 is 63.6. The van der Waals surface area contributed by atoms with E-state index in [1.165, 1.54) is 12.0 Å². The van der Waals surface area contributed by atoms with E-state index in [1.54, 1.807) is 34.1 Å². The summed E-state index contributed by atoms with van der Waals surface area (Å²) in [6.07, 6.45) is 11.8. The third-order valence-electron chi connectivity index (χ3n) is 17.5. The van der Waals surface area contributed by atoms with Crippen LogP contribution in [0.2, 0.25) is 0 Å². The number of carbonyl (C=O) groups is 5. The van der Waals surface area contributed by atoms with E-state index in [1.807, 2.05) is 71.9 Å². The largest absolute Gasteiger partial charge is 0.461 e. The highest BCUT2D eigenvalue weighted by atomic mass is 16.6. The third kappa shape index (κ3) is 24.7. The quantitative estimate of drug-likeness (QED) is 0.0164. The topological polar surface area (TPSA) is 279 Å². The molecule has 3 aliphatic heterocycles. The average molecular weight is 1230 g/mol. The first-order valence-corrected chi connectivity index (χ1v) is 31.8. The number of fused-ring (bicyclic) bond motifs is 3. The van der Waals surface area contributed by atoms with E-state index in [9.17, 15) is 39.7 Å². The van der Waals surface area contributed by atoms with Gasteiger partial charge in [0.2, 0.25) is 5.79 Å². The molecule has 1 aliphatic carbocycles. The number of nitrogens with zero attached hydrogens (tertiary/aromatic N) is 4. The van der Waals surface area contributed by atoms with E-state index in [0.29, 0.717) is 142 Å². The SMILES string of the molecule is CCOCCOCCOCCOCCOCCCC(=O)O[C@@H]1CCC(C[C@@H](C)[C@@H]2C[C@H](N=[N+]=[N-])[C@H](C)/C=C(\C)[C@@H](O)[C@@H](OC)C(=O)[C@H](C)C[C@H](C)/C=C/C=C/C=C(\C)[C@@H](OC)C[C@@H]3CC[C@@H](C)[C@@](O)(O3)C(=O)C(=O)N3CCCC[C@H]3C(=O)O2)C[C@H]1OC. The van der Waals surface area contributed by atoms with Crippen LogP contribution in [0.3, 0.4) is 0 Å². The van der Waals surface area contributed by atoms with Gasteiger partial charge in [0.05, 0.1) is 71.2 Å². The summed E-state index contributed by atoms with van der Waals surface area (Å²) in [6, 6.07) is -2.01. The molecule has 87 heavy (non-hydrogen) atoms. The molecule has 494 valence electrons. The number of carbonyl (C=O) groups excluding carboxylic acids is 5. The second-order valence-corrected chi connectivity index (χ2v) is 24.2. The van der Waals surface area contributed by atoms with Gasteiger partial charge in [-0.3, -0.25) is 19.2 Å². The fraction of sp³-hybridized carbons (Fsp3) is 0.800. The Bertz CT molecular complexity index is 2270. The molecule has 1 amide bonds. The zero-order valence-electron chi connectivity index (χ0n) is 54.0. The van der Waals surface area contributed by atoms with Crippen molar-refractivity contribution in [2.24, 2.45) is 40.6 Å². The number of allylic oxidation sites excluding steroid dienone is 5. The number of aliphatic hydroxyl groups excluding tert-OH is 1. The van der Waals surface area contributed by atoms with Gasteiger partial charge in [0.25, 0.3) is 11.7 Å². The molecule has 4 aliphatic rings.